The van der Waals surface area contributed by atoms with Crippen LogP contribution in [-0.4, -0.2) is 46.8 Å². The van der Waals surface area contributed by atoms with Crippen LogP contribution >= 0.6 is 23.2 Å². The van der Waals surface area contributed by atoms with E-state index in [0.29, 0.717) is 28.0 Å². The Bertz CT molecular complexity index is 875. The van der Waals surface area contributed by atoms with Gasteiger partial charge in [-0.3, -0.25) is 4.79 Å². The third-order valence-electron chi connectivity index (χ3n) is 3.85. The molecule has 0 radical (unpaired) electrons. The lowest BCUT2D eigenvalue weighted by Gasteiger charge is -2.16. The van der Waals surface area contributed by atoms with E-state index in [-0.39, 0.29) is 5.91 Å². The second kappa shape index (κ2) is 9.06. The molecule has 1 atom stereocenters. The second-order valence-electron chi connectivity index (χ2n) is 6.18. The molecular formula is C19H21Cl2N3O3. The summed E-state index contributed by atoms with van der Waals surface area (Å²) in [5.74, 6) is -0.925. The van der Waals surface area contributed by atoms with E-state index in [1.165, 1.54) is 24.0 Å². The molecule has 8 heteroatoms. The fourth-order valence-corrected chi connectivity index (χ4v) is 2.92. The van der Waals surface area contributed by atoms with Gasteiger partial charge in [0.1, 0.15) is 5.15 Å². The van der Waals surface area contributed by atoms with Crippen LogP contribution in [0.5, 0.6) is 0 Å². The van der Waals surface area contributed by atoms with Crippen LogP contribution in [0.25, 0.3) is 6.08 Å². The molecule has 2 aromatic rings. The number of likely N-dealkylation sites (N-methyl/N-ethyl adjacent to an activating group) is 1. The lowest BCUT2D eigenvalue weighted by Crippen LogP contribution is -2.34. The molecule has 0 fully saturated rings. The van der Waals surface area contributed by atoms with Gasteiger partial charge in [-0.05, 0) is 31.6 Å². The van der Waals surface area contributed by atoms with Crippen LogP contribution in [0.4, 0.5) is 0 Å². The van der Waals surface area contributed by atoms with E-state index in [1.807, 2.05) is 18.2 Å². The van der Waals surface area contributed by atoms with Crippen LogP contribution in [0.3, 0.4) is 0 Å². The number of halogens is 2. The minimum absolute atomic E-state index is 0.293. The van der Waals surface area contributed by atoms with E-state index in [4.69, 9.17) is 27.9 Å². The molecule has 0 spiro atoms. The number of hydrogen-bond donors (Lipinski definition) is 0. The van der Waals surface area contributed by atoms with E-state index in [0.717, 1.165) is 5.56 Å². The van der Waals surface area contributed by atoms with E-state index in [2.05, 4.69) is 5.10 Å². The zero-order chi connectivity index (χ0) is 20.1. The van der Waals surface area contributed by atoms with Crippen LogP contribution in [0.1, 0.15) is 23.7 Å². The molecule has 0 N–H and O–H groups in total. The molecule has 1 amide bonds. The maximum atomic E-state index is 12.0. The van der Waals surface area contributed by atoms with Gasteiger partial charge in [-0.1, -0.05) is 41.4 Å². The average molecular weight is 410 g/mol. The quantitative estimate of drug-likeness (QED) is 0.540. The maximum absolute atomic E-state index is 12.0. The van der Waals surface area contributed by atoms with E-state index >= 15 is 0 Å². The normalized spacial score (nSPS) is 12.2. The molecule has 0 aliphatic rings. The van der Waals surface area contributed by atoms with Crippen LogP contribution < -0.4 is 0 Å². The van der Waals surface area contributed by atoms with Crippen molar-refractivity contribution < 1.29 is 14.3 Å². The number of rotatable bonds is 6. The van der Waals surface area contributed by atoms with Crippen molar-refractivity contribution in [2.24, 2.45) is 0 Å². The molecule has 2 rings (SSSR count). The van der Waals surface area contributed by atoms with Gasteiger partial charge in [0, 0.05) is 30.8 Å². The molecule has 0 saturated carbocycles. The van der Waals surface area contributed by atoms with Crippen molar-refractivity contribution in [3.8, 4) is 0 Å². The third-order valence-corrected chi connectivity index (χ3v) is 4.62. The molecule has 1 aromatic heterocycles. The molecule has 1 aromatic carbocycles. The first-order valence-corrected chi connectivity index (χ1v) is 9.02. The van der Waals surface area contributed by atoms with Gasteiger partial charge in [-0.25, -0.2) is 9.48 Å². The highest BCUT2D eigenvalue weighted by Crippen LogP contribution is 2.24. The number of esters is 1. The van der Waals surface area contributed by atoms with Gasteiger partial charge in [-0.2, -0.15) is 5.10 Å². The summed E-state index contributed by atoms with van der Waals surface area (Å²) in [6.07, 6.45) is 1.90. The first-order chi connectivity index (χ1) is 12.7. The Balaban J connectivity index is 2.12. The number of benzene rings is 1. The highest BCUT2D eigenvalue weighted by atomic mass is 35.5. The lowest BCUT2D eigenvalue weighted by atomic mass is 10.2. The summed E-state index contributed by atoms with van der Waals surface area (Å²) >= 11 is 12.6. The molecular weight excluding hydrogens is 389 g/mol. The number of aromatic nitrogens is 2. The van der Waals surface area contributed by atoms with E-state index < -0.39 is 12.1 Å². The highest BCUT2D eigenvalue weighted by molar-refractivity contribution is 6.32. The zero-order valence-corrected chi connectivity index (χ0v) is 17.1. The van der Waals surface area contributed by atoms with Crippen LogP contribution in [0.2, 0.25) is 10.2 Å². The Hall–Kier alpha value is -2.31. The minimum Gasteiger partial charge on any atom is -0.449 e. The molecule has 0 aliphatic heterocycles. The SMILES string of the molecule is Cc1nn(Cc2ccccc2Cl)c(Cl)c1/C=C/C(=O)O[C@H](C)C(=O)N(C)C. The molecule has 6 nitrogen and oxygen atoms in total. The molecule has 27 heavy (non-hydrogen) atoms. The van der Waals surface area contributed by atoms with Crippen LogP contribution in [0, 0.1) is 6.92 Å². The second-order valence-corrected chi connectivity index (χ2v) is 6.95. The summed E-state index contributed by atoms with van der Waals surface area (Å²) in [5, 5.41) is 5.41. The van der Waals surface area contributed by atoms with Gasteiger partial charge in [0.15, 0.2) is 6.10 Å². The van der Waals surface area contributed by atoms with Gasteiger partial charge in [0.2, 0.25) is 0 Å². The molecule has 1 heterocycles. The number of carbonyl (C=O) groups excluding carboxylic acids is 2. The first-order valence-electron chi connectivity index (χ1n) is 8.27. The van der Waals surface area contributed by atoms with Gasteiger partial charge in [0.05, 0.1) is 12.2 Å². The number of ether oxygens (including phenoxy) is 1. The lowest BCUT2D eigenvalue weighted by molar-refractivity contribution is -0.153. The standard InChI is InChI=1S/C19H21Cl2N3O3/c1-12-15(9-10-17(25)27-13(2)19(26)23(3)4)18(21)24(22-12)11-14-7-5-6-8-16(14)20/h5-10,13H,11H2,1-4H3/b10-9+/t13-/m1/s1. The van der Waals surface area contributed by atoms with Crippen molar-refractivity contribution in [1.29, 1.82) is 0 Å². The first kappa shape index (κ1) is 21.0. The van der Waals surface area contributed by atoms with Crippen molar-refractivity contribution in [3.05, 3.63) is 57.3 Å². The molecule has 0 saturated heterocycles. The van der Waals surface area contributed by atoms with Crippen LogP contribution in [-0.2, 0) is 20.9 Å². The smallest absolute Gasteiger partial charge is 0.331 e. The van der Waals surface area contributed by atoms with Gasteiger partial charge < -0.3 is 9.64 Å². The van der Waals surface area contributed by atoms with Crippen molar-refractivity contribution in [1.82, 2.24) is 14.7 Å². The Morgan fingerprint density at radius 2 is 1.96 bits per heavy atom. The topological polar surface area (TPSA) is 64.4 Å². The van der Waals surface area contributed by atoms with Gasteiger partial charge in [0.25, 0.3) is 5.91 Å². The summed E-state index contributed by atoms with van der Waals surface area (Å²) in [6.45, 7) is 3.72. The Morgan fingerprint density at radius 3 is 2.59 bits per heavy atom. The van der Waals surface area contributed by atoms with Crippen molar-refractivity contribution >= 4 is 41.2 Å². The third kappa shape index (κ3) is 5.34. The molecule has 0 unspecified atom stereocenters. The highest BCUT2D eigenvalue weighted by Gasteiger charge is 2.18. The number of hydrogen-bond acceptors (Lipinski definition) is 4. The Kier molecular flexibility index (Phi) is 7.05. The monoisotopic (exact) mass is 409 g/mol. The van der Waals surface area contributed by atoms with E-state index in [1.54, 1.807) is 31.8 Å². The van der Waals surface area contributed by atoms with Gasteiger partial charge in [-0.15, -0.1) is 0 Å². The number of carbonyl (C=O) groups is 2. The van der Waals surface area contributed by atoms with E-state index in [9.17, 15) is 9.59 Å². The van der Waals surface area contributed by atoms with Crippen LogP contribution in [0.15, 0.2) is 30.3 Å². The molecule has 144 valence electrons. The Labute approximate surface area is 168 Å². The minimum atomic E-state index is -0.864. The molecule has 0 aliphatic carbocycles. The van der Waals surface area contributed by atoms with Crippen molar-refractivity contribution in [2.45, 2.75) is 26.5 Å². The van der Waals surface area contributed by atoms with Crippen molar-refractivity contribution in [3.63, 3.8) is 0 Å². The largest absolute Gasteiger partial charge is 0.449 e. The van der Waals surface area contributed by atoms with Gasteiger partial charge >= 0.3 is 5.97 Å². The summed E-state index contributed by atoms with van der Waals surface area (Å²) < 4.78 is 6.70. The predicted octanol–water partition coefficient (Wildman–Crippen LogP) is 3.58. The fourth-order valence-electron chi connectivity index (χ4n) is 2.43. The predicted molar refractivity (Wildman–Crippen MR) is 106 cm³/mol. The Morgan fingerprint density at radius 1 is 1.30 bits per heavy atom. The summed E-state index contributed by atoms with van der Waals surface area (Å²) in [7, 11) is 3.19. The van der Waals surface area contributed by atoms with Crippen molar-refractivity contribution in [2.75, 3.05) is 14.1 Å². The number of nitrogens with zero attached hydrogens (tertiary/aromatic N) is 3. The average Bonchev–Trinajstić information content (AvgIpc) is 2.87. The summed E-state index contributed by atoms with van der Waals surface area (Å²) in [5.41, 5.74) is 2.15. The molecule has 0 bridgehead atoms. The summed E-state index contributed by atoms with van der Waals surface area (Å²) in [6, 6.07) is 7.43. The summed E-state index contributed by atoms with van der Waals surface area (Å²) in [4.78, 5) is 25.1. The number of amides is 1. The zero-order valence-electron chi connectivity index (χ0n) is 15.6. The number of aryl methyl sites for hydroxylation is 1. The maximum Gasteiger partial charge on any atom is 0.331 e. The fraction of sp³-hybridized carbons (Fsp3) is 0.316.